The molecule has 0 saturated carbocycles. The number of halogens is 2. The van der Waals surface area contributed by atoms with Crippen LogP contribution in [-0.2, 0) is 0 Å². The summed E-state index contributed by atoms with van der Waals surface area (Å²) in [6, 6.07) is 5.93. The standard InChI is InChI=1S/C16H17N3O3S.2ClH/c20-15(18-11-3-5-17-6-4-11)12-8-23-16(19-12)10-1-2-13-14(7-10)22-9-21-13;;/h1-2,7-8,11,17H,3-6,9H2,(H,18,20);2*1H. The van der Waals surface area contributed by atoms with Gasteiger partial charge in [0.1, 0.15) is 10.7 Å². The summed E-state index contributed by atoms with van der Waals surface area (Å²) in [4.78, 5) is 16.8. The van der Waals surface area contributed by atoms with Crippen LogP contribution < -0.4 is 20.1 Å². The Balaban J connectivity index is 0.00000113. The van der Waals surface area contributed by atoms with Gasteiger partial charge >= 0.3 is 0 Å². The summed E-state index contributed by atoms with van der Waals surface area (Å²) in [7, 11) is 0. The maximum Gasteiger partial charge on any atom is 0.270 e. The Bertz CT molecular complexity index is 735. The first-order valence-electron chi connectivity index (χ1n) is 7.67. The lowest BCUT2D eigenvalue weighted by Crippen LogP contribution is -2.42. The molecule has 0 bridgehead atoms. The maximum atomic E-state index is 12.3. The molecule has 0 unspecified atom stereocenters. The van der Waals surface area contributed by atoms with Gasteiger partial charge in [0.25, 0.3) is 5.91 Å². The lowest BCUT2D eigenvalue weighted by atomic mass is 10.1. The highest BCUT2D eigenvalue weighted by Crippen LogP contribution is 2.36. The molecule has 4 rings (SSSR count). The predicted molar refractivity (Wildman–Crippen MR) is 102 cm³/mol. The zero-order valence-corrected chi connectivity index (χ0v) is 15.8. The second-order valence-electron chi connectivity index (χ2n) is 5.60. The Morgan fingerprint density at radius 1 is 1.20 bits per heavy atom. The molecule has 0 aliphatic carbocycles. The summed E-state index contributed by atoms with van der Waals surface area (Å²) in [6.07, 6.45) is 1.93. The molecule has 0 spiro atoms. The van der Waals surface area contributed by atoms with Crippen molar-refractivity contribution in [3.05, 3.63) is 29.3 Å². The topological polar surface area (TPSA) is 72.5 Å². The molecule has 1 saturated heterocycles. The maximum absolute atomic E-state index is 12.3. The second kappa shape index (κ2) is 8.71. The summed E-state index contributed by atoms with van der Waals surface area (Å²) in [6.45, 7) is 2.15. The molecular weight excluding hydrogens is 385 g/mol. The van der Waals surface area contributed by atoms with Gasteiger partial charge in [-0.3, -0.25) is 4.79 Å². The number of rotatable bonds is 3. The van der Waals surface area contributed by atoms with Crippen molar-refractivity contribution in [2.75, 3.05) is 19.9 Å². The molecular formula is C16H19Cl2N3O3S. The number of nitrogens with one attached hydrogen (secondary N) is 2. The lowest BCUT2D eigenvalue weighted by Gasteiger charge is -2.23. The molecule has 2 aliphatic heterocycles. The molecule has 2 aliphatic rings. The molecule has 1 aromatic heterocycles. The summed E-state index contributed by atoms with van der Waals surface area (Å²) in [5.74, 6) is 1.37. The van der Waals surface area contributed by atoms with E-state index in [1.54, 1.807) is 5.38 Å². The van der Waals surface area contributed by atoms with Crippen LogP contribution in [0, 0.1) is 0 Å². The number of thiazole rings is 1. The van der Waals surface area contributed by atoms with Crippen molar-refractivity contribution in [2.24, 2.45) is 0 Å². The summed E-state index contributed by atoms with van der Waals surface area (Å²) in [5, 5.41) is 8.96. The Labute approximate surface area is 162 Å². The van der Waals surface area contributed by atoms with Gasteiger partial charge in [0.05, 0.1) is 0 Å². The molecule has 6 nitrogen and oxygen atoms in total. The highest BCUT2D eigenvalue weighted by atomic mass is 35.5. The third-order valence-electron chi connectivity index (χ3n) is 4.03. The van der Waals surface area contributed by atoms with Crippen LogP contribution in [0.2, 0.25) is 0 Å². The number of piperidine rings is 1. The van der Waals surface area contributed by atoms with Gasteiger partial charge in [-0.1, -0.05) is 0 Å². The number of ether oxygens (including phenoxy) is 2. The van der Waals surface area contributed by atoms with E-state index in [4.69, 9.17) is 9.47 Å². The van der Waals surface area contributed by atoms with E-state index in [0.29, 0.717) is 5.69 Å². The minimum Gasteiger partial charge on any atom is -0.454 e. The van der Waals surface area contributed by atoms with Crippen molar-refractivity contribution in [1.29, 1.82) is 0 Å². The highest BCUT2D eigenvalue weighted by Gasteiger charge is 2.19. The first-order chi connectivity index (χ1) is 11.3. The van der Waals surface area contributed by atoms with E-state index in [0.717, 1.165) is 48.0 Å². The van der Waals surface area contributed by atoms with E-state index >= 15 is 0 Å². The van der Waals surface area contributed by atoms with Crippen molar-refractivity contribution in [3.63, 3.8) is 0 Å². The number of hydrogen-bond donors (Lipinski definition) is 2. The van der Waals surface area contributed by atoms with Crippen molar-refractivity contribution in [3.8, 4) is 22.1 Å². The summed E-state index contributed by atoms with van der Waals surface area (Å²) in [5.41, 5.74) is 1.40. The quantitative estimate of drug-likeness (QED) is 0.823. The van der Waals surface area contributed by atoms with Crippen LogP contribution in [0.5, 0.6) is 11.5 Å². The van der Waals surface area contributed by atoms with E-state index in [-0.39, 0.29) is 43.6 Å². The van der Waals surface area contributed by atoms with E-state index in [1.165, 1.54) is 11.3 Å². The molecule has 3 heterocycles. The molecule has 0 atom stereocenters. The Morgan fingerprint density at radius 3 is 2.76 bits per heavy atom. The summed E-state index contributed by atoms with van der Waals surface area (Å²) < 4.78 is 10.7. The average Bonchev–Trinajstić information content (AvgIpc) is 3.24. The Morgan fingerprint density at radius 2 is 1.96 bits per heavy atom. The van der Waals surface area contributed by atoms with Crippen molar-refractivity contribution in [2.45, 2.75) is 18.9 Å². The lowest BCUT2D eigenvalue weighted by molar-refractivity contribution is 0.0925. The van der Waals surface area contributed by atoms with Gasteiger partial charge in [0.15, 0.2) is 11.5 Å². The van der Waals surface area contributed by atoms with Gasteiger partial charge in [-0.25, -0.2) is 4.98 Å². The van der Waals surface area contributed by atoms with Crippen LogP contribution in [0.1, 0.15) is 23.3 Å². The average molecular weight is 404 g/mol. The largest absolute Gasteiger partial charge is 0.454 e. The number of benzene rings is 1. The zero-order valence-electron chi connectivity index (χ0n) is 13.3. The SMILES string of the molecule is Cl.Cl.O=C(NC1CCNCC1)c1csc(-c2ccc3c(c2)OCO3)n1. The fourth-order valence-electron chi connectivity index (χ4n) is 2.77. The van der Waals surface area contributed by atoms with Crippen molar-refractivity contribution in [1.82, 2.24) is 15.6 Å². The molecule has 1 aromatic carbocycles. The van der Waals surface area contributed by atoms with Crippen molar-refractivity contribution >= 4 is 42.1 Å². The number of carbonyl (C=O) groups excluding carboxylic acids is 1. The third-order valence-corrected chi connectivity index (χ3v) is 4.92. The van der Waals surface area contributed by atoms with Gasteiger partial charge in [-0.2, -0.15) is 0 Å². The molecule has 136 valence electrons. The second-order valence-corrected chi connectivity index (χ2v) is 6.46. The number of fused-ring (bicyclic) bond motifs is 1. The smallest absolute Gasteiger partial charge is 0.270 e. The number of aromatic nitrogens is 1. The molecule has 1 amide bonds. The van der Waals surface area contributed by atoms with Gasteiger partial charge in [0.2, 0.25) is 6.79 Å². The van der Waals surface area contributed by atoms with Crippen LogP contribution in [0.4, 0.5) is 0 Å². The zero-order chi connectivity index (χ0) is 15.6. The minimum absolute atomic E-state index is 0. The van der Waals surface area contributed by atoms with Crippen LogP contribution >= 0.6 is 36.2 Å². The van der Waals surface area contributed by atoms with Gasteiger partial charge < -0.3 is 20.1 Å². The molecule has 1 fully saturated rings. The van der Waals surface area contributed by atoms with Gasteiger partial charge in [0, 0.05) is 17.0 Å². The first kappa shape index (κ1) is 19.8. The third kappa shape index (κ3) is 4.36. The predicted octanol–water partition coefficient (Wildman–Crippen LogP) is 2.86. The number of hydrogen-bond acceptors (Lipinski definition) is 6. The molecule has 25 heavy (non-hydrogen) atoms. The van der Waals surface area contributed by atoms with Crippen molar-refractivity contribution < 1.29 is 14.3 Å². The van der Waals surface area contributed by atoms with Crippen LogP contribution in [0.25, 0.3) is 10.6 Å². The van der Waals surface area contributed by atoms with Crippen LogP contribution in [0.3, 0.4) is 0 Å². The number of amides is 1. The first-order valence-corrected chi connectivity index (χ1v) is 8.55. The van der Waals surface area contributed by atoms with Crippen LogP contribution in [-0.4, -0.2) is 36.8 Å². The fourth-order valence-corrected chi connectivity index (χ4v) is 3.56. The normalized spacial score (nSPS) is 15.8. The molecule has 0 radical (unpaired) electrons. The van der Waals surface area contributed by atoms with Gasteiger partial charge in [-0.05, 0) is 44.1 Å². The van der Waals surface area contributed by atoms with Crippen LogP contribution in [0.15, 0.2) is 23.6 Å². The molecule has 2 N–H and O–H groups in total. The van der Waals surface area contributed by atoms with E-state index in [2.05, 4.69) is 15.6 Å². The minimum atomic E-state index is -0.0971. The van der Waals surface area contributed by atoms with Gasteiger partial charge in [-0.15, -0.1) is 36.2 Å². The summed E-state index contributed by atoms with van der Waals surface area (Å²) >= 11 is 1.46. The van der Waals surface area contributed by atoms with E-state index in [1.807, 2.05) is 18.2 Å². The monoisotopic (exact) mass is 403 g/mol. The fraction of sp³-hybridized carbons (Fsp3) is 0.375. The number of nitrogens with zero attached hydrogens (tertiary/aromatic N) is 1. The van der Waals surface area contributed by atoms with E-state index < -0.39 is 0 Å². The highest BCUT2D eigenvalue weighted by molar-refractivity contribution is 7.13. The molecule has 9 heteroatoms. The Kier molecular flexibility index (Phi) is 6.89. The molecule has 2 aromatic rings. The number of carbonyl (C=O) groups is 1. The van der Waals surface area contributed by atoms with E-state index in [9.17, 15) is 4.79 Å². The Hall–Kier alpha value is -1.54.